The molecular weight excluding hydrogens is 306 g/mol. The first-order valence-corrected chi connectivity index (χ1v) is 7.21. The lowest BCUT2D eigenvalue weighted by molar-refractivity contribution is 0.632. The van der Waals surface area contributed by atoms with E-state index in [4.69, 9.17) is 0 Å². The lowest BCUT2D eigenvalue weighted by Gasteiger charge is -2.12. The molecule has 2 heterocycles. The van der Waals surface area contributed by atoms with Crippen molar-refractivity contribution in [2.24, 2.45) is 5.92 Å². The first-order chi connectivity index (χ1) is 9.11. The highest BCUT2D eigenvalue weighted by atomic mass is 79.9. The molecule has 6 heteroatoms. The van der Waals surface area contributed by atoms with Crippen molar-refractivity contribution < 1.29 is 0 Å². The molecule has 0 bridgehead atoms. The molecule has 0 saturated carbocycles. The second kappa shape index (κ2) is 6.14. The van der Waals surface area contributed by atoms with Gasteiger partial charge in [0.15, 0.2) is 11.6 Å². The molecule has 0 aliphatic carbocycles. The molecule has 2 N–H and O–H groups in total. The van der Waals surface area contributed by atoms with Crippen LogP contribution in [0.3, 0.4) is 0 Å². The van der Waals surface area contributed by atoms with Crippen molar-refractivity contribution in [3.8, 4) is 11.6 Å². The van der Waals surface area contributed by atoms with Crippen molar-refractivity contribution >= 4 is 21.7 Å². The smallest absolute Gasteiger partial charge is 0.197 e. The highest BCUT2D eigenvalue weighted by Crippen LogP contribution is 2.27. The Bertz CT molecular complexity index is 536. The number of hydrogen-bond acceptors (Lipinski definition) is 4. The van der Waals surface area contributed by atoms with E-state index in [1.54, 1.807) is 12.4 Å². The first-order valence-electron chi connectivity index (χ1n) is 6.41. The van der Waals surface area contributed by atoms with E-state index in [0.717, 1.165) is 29.0 Å². The highest BCUT2D eigenvalue weighted by Gasteiger charge is 2.15. The fourth-order valence-corrected chi connectivity index (χ4v) is 2.27. The van der Waals surface area contributed by atoms with Crippen molar-refractivity contribution in [1.82, 2.24) is 19.9 Å². The van der Waals surface area contributed by atoms with Gasteiger partial charge in [0.2, 0.25) is 0 Å². The fourth-order valence-electron chi connectivity index (χ4n) is 1.79. The van der Waals surface area contributed by atoms with Crippen molar-refractivity contribution in [2.45, 2.75) is 27.2 Å². The van der Waals surface area contributed by atoms with Crippen LogP contribution in [-0.4, -0.2) is 26.5 Å². The molecule has 2 aromatic heterocycles. The number of nitrogens with zero attached hydrogens (tertiary/aromatic N) is 3. The molecule has 0 saturated heterocycles. The Morgan fingerprint density at radius 1 is 1.37 bits per heavy atom. The van der Waals surface area contributed by atoms with Gasteiger partial charge in [-0.2, -0.15) is 0 Å². The fraction of sp³-hybridized carbons (Fsp3) is 0.462. The van der Waals surface area contributed by atoms with Crippen LogP contribution in [0.4, 0.5) is 5.82 Å². The quantitative estimate of drug-likeness (QED) is 0.886. The molecule has 0 aliphatic heterocycles. The van der Waals surface area contributed by atoms with Crippen LogP contribution < -0.4 is 5.32 Å². The lowest BCUT2D eigenvalue weighted by atomic mass is 10.1. The SMILES string of the molecule is CCNc1nc(-c2ncc[nH]2)nc(CC(C)C)c1Br. The third-order valence-electron chi connectivity index (χ3n) is 2.58. The molecule has 5 nitrogen and oxygen atoms in total. The van der Waals surface area contributed by atoms with Crippen molar-refractivity contribution in [3.05, 3.63) is 22.6 Å². The Balaban J connectivity index is 2.47. The topological polar surface area (TPSA) is 66.5 Å². The van der Waals surface area contributed by atoms with E-state index >= 15 is 0 Å². The summed E-state index contributed by atoms with van der Waals surface area (Å²) in [4.78, 5) is 16.4. The molecule has 2 aromatic rings. The number of imidazole rings is 1. The predicted molar refractivity (Wildman–Crippen MR) is 80.0 cm³/mol. The van der Waals surface area contributed by atoms with Gasteiger partial charge in [0, 0.05) is 18.9 Å². The maximum Gasteiger partial charge on any atom is 0.197 e. The normalized spacial score (nSPS) is 11.0. The molecule has 0 unspecified atom stereocenters. The van der Waals surface area contributed by atoms with Crippen LogP contribution in [0, 0.1) is 5.92 Å². The second-order valence-corrected chi connectivity index (χ2v) is 5.52. The lowest BCUT2D eigenvalue weighted by Crippen LogP contribution is -2.08. The number of hydrogen-bond donors (Lipinski definition) is 2. The molecule has 19 heavy (non-hydrogen) atoms. The minimum absolute atomic E-state index is 0.533. The Hall–Kier alpha value is -1.43. The molecule has 0 amide bonds. The minimum atomic E-state index is 0.533. The van der Waals surface area contributed by atoms with Gasteiger partial charge in [-0.1, -0.05) is 13.8 Å². The number of nitrogens with one attached hydrogen (secondary N) is 2. The van der Waals surface area contributed by atoms with Gasteiger partial charge in [-0.05, 0) is 35.2 Å². The van der Waals surface area contributed by atoms with Crippen LogP contribution in [0.5, 0.6) is 0 Å². The molecule has 0 aliphatic rings. The third kappa shape index (κ3) is 3.32. The van der Waals surface area contributed by atoms with Gasteiger partial charge in [0.25, 0.3) is 0 Å². The first kappa shape index (κ1) is 14.0. The standard InChI is InChI=1S/C13H18BrN5/c1-4-15-11-10(14)9(7-8(2)3)18-13(19-11)12-16-5-6-17-12/h5-6,8H,4,7H2,1-3H3,(H,16,17)(H,15,18,19). The van der Waals surface area contributed by atoms with Gasteiger partial charge < -0.3 is 10.3 Å². The number of H-pyrrole nitrogens is 1. The number of aromatic nitrogens is 4. The average Bonchev–Trinajstić information content (AvgIpc) is 2.87. The van der Waals surface area contributed by atoms with Crippen LogP contribution >= 0.6 is 15.9 Å². The summed E-state index contributed by atoms with van der Waals surface area (Å²) in [6.07, 6.45) is 4.38. The van der Waals surface area contributed by atoms with Gasteiger partial charge in [-0.3, -0.25) is 0 Å². The zero-order valence-corrected chi connectivity index (χ0v) is 13.0. The number of aromatic amines is 1. The number of rotatable bonds is 5. The summed E-state index contributed by atoms with van der Waals surface area (Å²) in [5.41, 5.74) is 1.01. The van der Waals surface area contributed by atoms with Crippen LogP contribution in [0.2, 0.25) is 0 Å². The van der Waals surface area contributed by atoms with E-state index in [1.807, 2.05) is 6.92 Å². The summed E-state index contributed by atoms with van der Waals surface area (Å²) in [5, 5.41) is 3.25. The highest BCUT2D eigenvalue weighted by molar-refractivity contribution is 9.10. The minimum Gasteiger partial charge on any atom is -0.369 e. The summed E-state index contributed by atoms with van der Waals surface area (Å²) in [6.45, 7) is 7.21. The summed E-state index contributed by atoms with van der Waals surface area (Å²) >= 11 is 3.59. The molecule has 0 atom stereocenters. The largest absolute Gasteiger partial charge is 0.369 e. The van der Waals surface area contributed by atoms with Crippen LogP contribution in [-0.2, 0) is 6.42 Å². The van der Waals surface area contributed by atoms with E-state index < -0.39 is 0 Å². The Morgan fingerprint density at radius 2 is 2.16 bits per heavy atom. The van der Waals surface area contributed by atoms with Crippen LogP contribution in [0.25, 0.3) is 11.6 Å². The van der Waals surface area contributed by atoms with Crippen LogP contribution in [0.15, 0.2) is 16.9 Å². The molecule has 2 rings (SSSR count). The maximum atomic E-state index is 4.61. The van der Waals surface area contributed by atoms with E-state index in [9.17, 15) is 0 Å². The Morgan fingerprint density at radius 3 is 2.74 bits per heavy atom. The molecule has 0 radical (unpaired) electrons. The van der Waals surface area contributed by atoms with Gasteiger partial charge in [0.05, 0.1) is 10.2 Å². The summed E-state index contributed by atoms with van der Waals surface area (Å²) in [5.74, 6) is 2.67. The molecule has 0 aromatic carbocycles. The maximum absolute atomic E-state index is 4.61. The Labute approximate surface area is 121 Å². The summed E-state index contributed by atoms with van der Waals surface area (Å²) in [6, 6.07) is 0. The van der Waals surface area contributed by atoms with Crippen LogP contribution in [0.1, 0.15) is 26.5 Å². The average molecular weight is 324 g/mol. The number of anilines is 1. The molecule has 0 spiro atoms. The Kier molecular flexibility index (Phi) is 4.52. The van der Waals surface area contributed by atoms with Crippen molar-refractivity contribution in [1.29, 1.82) is 0 Å². The van der Waals surface area contributed by atoms with Gasteiger partial charge in [0.1, 0.15) is 5.82 Å². The van der Waals surface area contributed by atoms with Gasteiger partial charge in [-0.15, -0.1) is 0 Å². The van der Waals surface area contributed by atoms with Gasteiger partial charge >= 0.3 is 0 Å². The predicted octanol–water partition coefficient (Wildman–Crippen LogP) is 3.26. The van der Waals surface area contributed by atoms with E-state index in [1.165, 1.54) is 0 Å². The van der Waals surface area contributed by atoms with E-state index in [0.29, 0.717) is 17.6 Å². The summed E-state index contributed by atoms with van der Waals surface area (Å²) < 4.78 is 0.943. The third-order valence-corrected chi connectivity index (χ3v) is 3.41. The molecular formula is C13H18BrN5. The second-order valence-electron chi connectivity index (χ2n) is 4.72. The zero-order valence-electron chi connectivity index (χ0n) is 11.4. The molecule has 102 valence electrons. The zero-order chi connectivity index (χ0) is 13.8. The monoisotopic (exact) mass is 323 g/mol. The van der Waals surface area contributed by atoms with E-state index in [2.05, 4.69) is 55.0 Å². The van der Waals surface area contributed by atoms with Crippen molar-refractivity contribution in [2.75, 3.05) is 11.9 Å². The summed E-state index contributed by atoms with van der Waals surface area (Å²) in [7, 11) is 0. The number of halogens is 1. The van der Waals surface area contributed by atoms with E-state index in [-0.39, 0.29) is 0 Å². The van der Waals surface area contributed by atoms with Crippen molar-refractivity contribution in [3.63, 3.8) is 0 Å². The van der Waals surface area contributed by atoms with Gasteiger partial charge in [-0.25, -0.2) is 15.0 Å². The molecule has 0 fully saturated rings.